The summed E-state index contributed by atoms with van der Waals surface area (Å²) in [4.78, 5) is 4.43. The minimum Gasteiger partial charge on any atom is -0.269 e. The second-order valence-corrected chi connectivity index (χ2v) is 8.04. The lowest BCUT2D eigenvalue weighted by Gasteiger charge is -2.10. The Morgan fingerprint density at radius 3 is 2.41 bits per heavy atom. The van der Waals surface area contributed by atoms with Crippen molar-refractivity contribution in [3.63, 3.8) is 0 Å². The zero-order chi connectivity index (χ0) is 18.6. The van der Waals surface area contributed by atoms with Crippen molar-refractivity contribution in [2.75, 3.05) is 0 Å². The minimum absolute atomic E-state index is 0.690. The van der Waals surface area contributed by atoms with Gasteiger partial charge in [0, 0.05) is 27.1 Å². The summed E-state index contributed by atoms with van der Waals surface area (Å²) in [5.41, 5.74) is 2.94. The maximum Gasteiger partial charge on any atom is 0.196 e. The van der Waals surface area contributed by atoms with Gasteiger partial charge in [-0.1, -0.05) is 57.5 Å². The van der Waals surface area contributed by atoms with E-state index in [0.29, 0.717) is 10.8 Å². The number of benzene rings is 2. The van der Waals surface area contributed by atoms with Gasteiger partial charge in [-0.05, 0) is 54.1 Å². The summed E-state index contributed by atoms with van der Waals surface area (Å²) < 4.78 is 3.08. The molecule has 0 aliphatic rings. The number of rotatable bonds is 5. The Labute approximate surface area is 174 Å². The Kier molecular flexibility index (Phi) is 5.57. The molecule has 0 fully saturated rings. The molecule has 7 heteroatoms. The zero-order valence-corrected chi connectivity index (χ0v) is 17.2. The van der Waals surface area contributed by atoms with Crippen LogP contribution in [-0.4, -0.2) is 19.7 Å². The van der Waals surface area contributed by atoms with Gasteiger partial charge in [-0.25, -0.2) is 0 Å². The summed E-state index contributed by atoms with van der Waals surface area (Å²) in [6, 6.07) is 21.7. The number of aromatic nitrogens is 4. The number of halogens is 2. The normalized spacial score (nSPS) is 10.9. The van der Waals surface area contributed by atoms with Crippen LogP contribution in [0.1, 0.15) is 5.56 Å². The molecule has 0 atom stereocenters. The number of hydrogen-bond donors (Lipinski definition) is 0. The van der Waals surface area contributed by atoms with Crippen molar-refractivity contribution in [1.29, 1.82) is 0 Å². The quantitative estimate of drug-likeness (QED) is 0.343. The van der Waals surface area contributed by atoms with E-state index in [1.165, 1.54) is 5.56 Å². The first-order valence-electron chi connectivity index (χ1n) is 8.21. The third-order valence-electron chi connectivity index (χ3n) is 3.89. The molecule has 0 bridgehead atoms. The summed E-state index contributed by atoms with van der Waals surface area (Å²) in [6.07, 6.45) is 1.75. The average molecular weight is 458 g/mol. The third-order valence-corrected chi connectivity index (χ3v) is 5.67. The SMILES string of the molecule is Clc1ccc(-n2c(SCc3ccc(Br)cc3)nnc2-c2ccccn2)cc1. The number of nitrogens with zero attached hydrogens (tertiary/aromatic N) is 4. The van der Waals surface area contributed by atoms with Gasteiger partial charge in [0.25, 0.3) is 0 Å². The minimum atomic E-state index is 0.690. The van der Waals surface area contributed by atoms with Crippen LogP contribution in [0, 0.1) is 0 Å². The van der Waals surface area contributed by atoms with E-state index in [1.54, 1.807) is 18.0 Å². The van der Waals surface area contributed by atoms with Gasteiger partial charge in [-0.3, -0.25) is 9.55 Å². The molecule has 2 aromatic heterocycles. The van der Waals surface area contributed by atoms with Crippen molar-refractivity contribution in [3.05, 3.63) is 88.0 Å². The van der Waals surface area contributed by atoms with Crippen LogP contribution in [0.2, 0.25) is 5.02 Å². The molecule has 4 nitrogen and oxygen atoms in total. The number of thioether (sulfide) groups is 1. The molecule has 134 valence electrons. The molecule has 2 aromatic carbocycles. The van der Waals surface area contributed by atoms with Crippen molar-refractivity contribution in [3.8, 4) is 17.2 Å². The van der Waals surface area contributed by atoms with Crippen molar-refractivity contribution >= 4 is 39.3 Å². The smallest absolute Gasteiger partial charge is 0.196 e. The molecule has 0 unspecified atom stereocenters. The van der Waals surface area contributed by atoms with Crippen LogP contribution < -0.4 is 0 Å². The molecular weight excluding hydrogens is 444 g/mol. The van der Waals surface area contributed by atoms with Crippen molar-refractivity contribution in [2.24, 2.45) is 0 Å². The van der Waals surface area contributed by atoms with Crippen LogP contribution in [0.25, 0.3) is 17.2 Å². The summed E-state index contributed by atoms with van der Waals surface area (Å²) >= 11 is 11.2. The molecule has 0 spiro atoms. The molecule has 2 heterocycles. The second kappa shape index (κ2) is 8.25. The topological polar surface area (TPSA) is 43.6 Å². The highest BCUT2D eigenvalue weighted by molar-refractivity contribution is 9.10. The molecule has 4 rings (SSSR count). The maximum absolute atomic E-state index is 6.06. The van der Waals surface area contributed by atoms with Gasteiger partial charge < -0.3 is 0 Å². The van der Waals surface area contributed by atoms with Crippen LogP contribution in [-0.2, 0) is 5.75 Å². The monoisotopic (exact) mass is 456 g/mol. The van der Waals surface area contributed by atoms with Crippen LogP contribution in [0.4, 0.5) is 0 Å². The Morgan fingerprint density at radius 1 is 0.926 bits per heavy atom. The molecule has 0 radical (unpaired) electrons. The summed E-state index contributed by atoms with van der Waals surface area (Å²) in [6.45, 7) is 0. The molecule has 0 aliphatic carbocycles. The first-order chi connectivity index (χ1) is 13.2. The molecular formula is C20H14BrClN4S. The summed E-state index contributed by atoms with van der Waals surface area (Å²) in [5.74, 6) is 1.50. The largest absolute Gasteiger partial charge is 0.269 e. The lowest BCUT2D eigenvalue weighted by Crippen LogP contribution is -2.00. The molecule has 0 saturated carbocycles. The molecule has 27 heavy (non-hydrogen) atoms. The van der Waals surface area contributed by atoms with E-state index in [0.717, 1.165) is 26.8 Å². The fourth-order valence-corrected chi connectivity index (χ4v) is 3.87. The Morgan fingerprint density at radius 2 is 1.70 bits per heavy atom. The van der Waals surface area contributed by atoms with Crippen LogP contribution >= 0.6 is 39.3 Å². The maximum atomic E-state index is 6.06. The third kappa shape index (κ3) is 4.24. The van der Waals surface area contributed by atoms with Crippen molar-refractivity contribution in [1.82, 2.24) is 19.7 Å². The van der Waals surface area contributed by atoms with E-state index in [4.69, 9.17) is 11.6 Å². The molecule has 0 N–H and O–H groups in total. The van der Waals surface area contributed by atoms with Crippen molar-refractivity contribution < 1.29 is 0 Å². The lowest BCUT2D eigenvalue weighted by atomic mass is 10.2. The highest BCUT2D eigenvalue weighted by atomic mass is 79.9. The number of hydrogen-bond acceptors (Lipinski definition) is 4. The highest BCUT2D eigenvalue weighted by Gasteiger charge is 2.17. The molecule has 0 saturated heterocycles. The van der Waals surface area contributed by atoms with Crippen LogP contribution in [0.3, 0.4) is 0 Å². The van der Waals surface area contributed by atoms with E-state index in [-0.39, 0.29) is 0 Å². The second-order valence-electron chi connectivity index (χ2n) is 5.75. The number of pyridine rings is 1. The van der Waals surface area contributed by atoms with Crippen LogP contribution in [0.5, 0.6) is 0 Å². The standard InChI is InChI=1S/C20H14BrClN4S/c21-15-6-4-14(5-7-15)13-27-20-25-24-19(18-3-1-2-12-23-18)26(20)17-10-8-16(22)9-11-17/h1-12H,13H2. The predicted molar refractivity (Wildman–Crippen MR) is 113 cm³/mol. The Hall–Kier alpha value is -2.15. The Balaban J connectivity index is 1.71. The van der Waals surface area contributed by atoms with Gasteiger partial charge in [0.05, 0.1) is 0 Å². The van der Waals surface area contributed by atoms with Gasteiger partial charge in [0.2, 0.25) is 0 Å². The molecule has 0 amide bonds. The summed E-state index contributed by atoms with van der Waals surface area (Å²) in [7, 11) is 0. The fraction of sp³-hybridized carbons (Fsp3) is 0.0500. The van der Waals surface area contributed by atoms with Gasteiger partial charge >= 0.3 is 0 Å². The van der Waals surface area contributed by atoms with Gasteiger partial charge in [0.15, 0.2) is 11.0 Å². The zero-order valence-electron chi connectivity index (χ0n) is 14.1. The Bertz CT molecular complexity index is 1030. The predicted octanol–water partition coefficient (Wildman–Crippen LogP) is 6.04. The van der Waals surface area contributed by atoms with E-state index < -0.39 is 0 Å². The van der Waals surface area contributed by atoms with Crippen LogP contribution in [0.15, 0.2) is 82.6 Å². The lowest BCUT2D eigenvalue weighted by molar-refractivity contribution is 0.885. The highest BCUT2D eigenvalue weighted by Crippen LogP contribution is 2.29. The van der Waals surface area contributed by atoms with Gasteiger partial charge in [-0.2, -0.15) is 0 Å². The molecule has 0 aliphatic heterocycles. The van der Waals surface area contributed by atoms with Gasteiger partial charge in [-0.15, -0.1) is 10.2 Å². The fourth-order valence-electron chi connectivity index (χ4n) is 2.58. The first kappa shape index (κ1) is 18.2. The van der Waals surface area contributed by atoms with Crippen molar-refractivity contribution in [2.45, 2.75) is 10.9 Å². The van der Waals surface area contributed by atoms with E-state index in [2.05, 4.69) is 43.2 Å². The van der Waals surface area contributed by atoms with Gasteiger partial charge in [0.1, 0.15) is 5.69 Å². The average Bonchev–Trinajstić information content (AvgIpc) is 3.13. The van der Waals surface area contributed by atoms with E-state index >= 15 is 0 Å². The van der Waals surface area contributed by atoms with E-state index in [1.807, 2.05) is 59.2 Å². The van der Waals surface area contributed by atoms with E-state index in [9.17, 15) is 0 Å². The first-order valence-corrected chi connectivity index (χ1v) is 10.4. The summed E-state index contributed by atoms with van der Waals surface area (Å²) in [5, 5.41) is 10.3. The molecule has 4 aromatic rings.